The molecule has 0 saturated carbocycles. The van der Waals surface area contributed by atoms with Gasteiger partial charge < -0.3 is 74.4 Å². The summed E-state index contributed by atoms with van der Waals surface area (Å²) >= 11 is 0. The van der Waals surface area contributed by atoms with Gasteiger partial charge in [0.05, 0.1) is 12.7 Å². The molecule has 2 aliphatic heterocycles. The lowest BCUT2D eigenvalue weighted by atomic mass is 9.98. The lowest BCUT2D eigenvalue weighted by molar-refractivity contribution is -0.318. The summed E-state index contributed by atoms with van der Waals surface area (Å²) in [4.78, 5) is 13.6. The van der Waals surface area contributed by atoms with Gasteiger partial charge in [-0.3, -0.25) is 4.79 Å². The first-order valence-corrected chi connectivity index (χ1v) is 13.0. The number of aromatic hydroxyl groups is 4. The largest absolute Gasteiger partial charge is 0.508 e. The molecule has 10 N–H and O–H groups in total. The number of phenols is 4. The van der Waals surface area contributed by atoms with Crippen molar-refractivity contribution in [3.8, 4) is 40.1 Å². The van der Waals surface area contributed by atoms with Gasteiger partial charge in [-0.05, 0) is 25.1 Å². The highest BCUT2D eigenvalue weighted by molar-refractivity contribution is 5.88. The summed E-state index contributed by atoms with van der Waals surface area (Å²) in [6.45, 7) is 0.818. The Kier molecular flexibility index (Phi) is 8.41. The van der Waals surface area contributed by atoms with E-state index in [0.717, 1.165) is 24.3 Å². The van der Waals surface area contributed by atoms with Crippen LogP contribution in [-0.4, -0.2) is 119 Å². The summed E-state index contributed by atoms with van der Waals surface area (Å²) in [6, 6.07) is 5.24. The monoisotopic (exact) mass is 610 g/mol. The van der Waals surface area contributed by atoms with E-state index in [1.807, 2.05) is 0 Å². The van der Waals surface area contributed by atoms with Crippen molar-refractivity contribution < 1.29 is 74.4 Å². The second kappa shape index (κ2) is 11.8. The third kappa shape index (κ3) is 5.67. The normalized spacial score (nSPS) is 33.0. The smallest absolute Gasteiger partial charge is 0.239 e. The van der Waals surface area contributed by atoms with Gasteiger partial charge in [0, 0.05) is 17.7 Å². The SMILES string of the molecule is C[C@H]1O[C@@H](OC[C@H]2O[C@@H](Oc3c(-c4ccc(O)c(O)c4)oc4cc(O)cc(O)c4c3=O)[C@H](O)[C@@H](O)[C@@H]2O)[C@H](O)[C@@H](O)[C@@H]1O. The topological polar surface area (TPSA) is 269 Å². The minimum absolute atomic E-state index is 0.0313. The summed E-state index contributed by atoms with van der Waals surface area (Å²) in [6.07, 6.45) is -16.2. The number of rotatable bonds is 6. The van der Waals surface area contributed by atoms with Crippen molar-refractivity contribution in [1.82, 2.24) is 0 Å². The minimum atomic E-state index is -1.97. The number of aliphatic hydroxyl groups excluding tert-OH is 6. The molecule has 2 fully saturated rings. The van der Waals surface area contributed by atoms with Crippen LogP contribution in [0.4, 0.5) is 0 Å². The van der Waals surface area contributed by atoms with E-state index in [1.54, 1.807) is 0 Å². The summed E-state index contributed by atoms with van der Waals surface area (Å²) < 4.78 is 27.8. The first-order valence-electron chi connectivity index (χ1n) is 13.0. The molecule has 0 unspecified atom stereocenters. The van der Waals surface area contributed by atoms with Gasteiger partial charge in [0.1, 0.15) is 65.2 Å². The number of hydrogen-bond acceptors (Lipinski definition) is 16. The summed E-state index contributed by atoms with van der Waals surface area (Å²) in [7, 11) is 0. The molecular weight excluding hydrogens is 580 g/mol. The van der Waals surface area contributed by atoms with E-state index in [0.29, 0.717) is 0 Å². The fourth-order valence-electron chi connectivity index (χ4n) is 4.84. The third-order valence-electron chi connectivity index (χ3n) is 7.29. The molecule has 0 bridgehead atoms. The average molecular weight is 611 g/mol. The minimum Gasteiger partial charge on any atom is -0.508 e. The zero-order valence-corrected chi connectivity index (χ0v) is 22.3. The third-order valence-corrected chi connectivity index (χ3v) is 7.29. The fourth-order valence-corrected chi connectivity index (χ4v) is 4.84. The lowest BCUT2D eigenvalue weighted by Gasteiger charge is -2.42. The summed E-state index contributed by atoms with van der Waals surface area (Å²) in [5, 5.41) is 101. The van der Waals surface area contributed by atoms with Gasteiger partial charge in [0.15, 0.2) is 23.5 Å². The van der Waals surface area contributed by atoms with Crippen LogP contribution in [0.2, 0.25) is 0 Å². The first-order chi connectivity index (χ1) is 20.3. The predicted molar refractivity (Wildman–Crippen MR) is 140 cm³/mol. The van der Waals surface area contributed by atoms with Crippen LogP contribution in [0.3, 0.4) is 0 Å². The van der Waals surface area contributed by atoms with Crippen LogP contribution in [0.25, 0.3) is 22.3 Å². The molecular formula is C27H30O16. The lowest BCUT2D eigenvalue weighted by Crippen LogP contribution is -2.61. The first kappa shape index (κ1) is 30.7. The molecule has 16 nitrogen and oxygen atoms in total. The molecule has 16 heteroatoms. The van der Waals surface area contributed by atoms with Crippen molar-refractivity contribution in [2.45, 2.75) is 68.3 Å². The molecule has 43 heavy (non-hydrogen) atoms. The predicted octanol–water partition coefficient (Wildman–Crippen LogP) is -1.69. The molecule has 0 amide bonds. The van der Waals surface area contributed by atoms with E-state index >= 15 is 0 Å². The maximum absolute atomic E-state index is 13.6. The van der Waals surface area contributed by atoms with E-state index in [9.17, 15) is 55.9 Å². The van der Waals surface area contributed by atoms with E-state index in [2.05, 4.69) is 0 Å². The van der Waals surface area contributed by atoms with Crippen LogP contribution < -0.4 is 10.2 Å². The van der Waals surface area contributed by atoms with Crippen molar-refractivity contribution in [2.75, 3.05) is 6.61 Å². The number of phenolic OH excluding ortho intramolecular Hbond substituents is 4. The zero-order valence-electron chi connectivity index (χ0n) is 22.3. The van der Waals surface area contributed by atoms with Crippen molar-refractivity contribution in [3.63, 3.8) is 0 Å². The van der Waals surface area contributed by atoms with E-state index < -0.39 is 113 Å². The second-order valence-corrected chi connectivity index (χ2v) is 10.3. The average Bonchev–Trinajstić information content (AvgIpc) is 2.96. The van der Waals surface area contributed by atoms with Crippen LogP contribution in [0.5, 0.6) is 28.7 Å². The number of ether oxygens (including phenoxy) is 4. The highest BCUT2D eigenvalue weighted by Gasteiger charge is 2.47. The fraction of sp³-hybridized carbons (Fsp3) is 0.444. The molecule has 2 aliphatic rings. The molecule has 2 aromatic carbocycles. The summed E-state index contributed by atoms with van der Waals surface area (Å²) in [5.74, 6) is -3.33. The van der Waals surface area contributed by atoms with E-state index in [4.69, 9.17) is 23.4 Å². The summed E-state index contributed by atoms with van der Waals surface area (Å²) in [5.41, 5.74) is -1.35. The Morgan fingerprint density at radius 1 is 0.744 bits per heavy atom. The maximum atomic E-state index is 13.6. The molecule has 0 radical (unpaired) electrons. The van der Waals surface area contributed by atoms with Gasteiger partial charge in [-0.25, -0.2) is 0 Å². The zero-order chi connectivity index (χ0) is 31.3. The Bertz CT molecular complexity index is 1540. The molecule has 10 atom stereocenters. The Balaban J connectivity index is 1.48. The molecule has 1 aromatic heterocycles. The standard InChI is InChI=1S/C27H30O16/c1-8-17(32)20(35)22(37)26(40-8)39-7-15-18(33)21(36)23(38)27(42-15)43-25-19(34)16-13(31)5-10(28)6-14(16)41-24(25)9-2-3-11(29)12(30)4-9/h2-6,8,15,17-18,20-23,26-33,35-38H,7H2,1H3/t8-,15-,17-,18-,20+,21+,22-,23-,26-,27+/m1/s1. The van der Waals surface area contributed by atoms with Crippen molar-refractivity contribution in [3.05, 3.63) is 40.6 Å². The van der Waals surface area contributed by atoms with Gasteiger partial charge in [0.25, 0.3) is 0 Å². The van der Waals surface area contributed by atoms with Crippen molar-refractivity contribution in [1.29, 1.82) is 0 Å². The number of hydrogen-bond donors (Lipinski definition) is 10. The Labute approximate surface area is 241 Å². The molecule has 0 aliphatic carbocycles. The van der Waals surface area contributed by atoms with E-state index in [-0.39, 0.29) is 11.1 Å². The van der Waals surface area contributed by atoms with Crippen LogP contribution in [0.15, 0.2) is 39.5 Å². The highest BCUT2D eigenvalue weighted by atomic mass is 16.7. The Morgan fingerprint density at radius 2 is 1.42 bits per heavy atom. The van der Waals surface area contributed by atoms with Gasteiger partial charge >= 0.3 is 0 Å². The van der Waals surface area contributed by atoms with Crippen molar-refractivity contribution in [2.24, 2.45) is 0 Å². The van der Waals surface area contributed by atoms with Gasteiger partial charge in [-0.15, -0.1) is 0 Å². The van der Waals surface area contributed by atoms with Crippen LogP contribution in [-0.2, 0) is 14.2 Å². The molecule has 0 spiro atoms. The van der Waals surface area contributed by atoms with Gasteiger partial charge in [-0.1, -0.05) is 0 Å². The van der Waals surface area contributed by atoms with Crippen LogP contribution in [0.1, 0.15) is 6.92 Å². The number of fused-ring (bicyclic) bond motifs is 1. The maximum Gasteiger partial charge on any atom is 0.239 e. The molecule has 3 aromatic rings. The Hall–Kier alpha value is -3.71. The molecule has 234 valence electrons. The van der Waals surface area contributed by atoms with E-state index in [1.165, 1.54) is 13.0 Å². The van der Waals surface area contributed by atoms with Crippen molar-refractivity contribution >= 4 is 11.0 Å². The van der Waals surface area contributed by atoms with Gasteiger partial charge in [0.2, 0.25) is 17.5 Å². The number of benzene rings is 2. The molecule has 2 saturated heterocycles. The van der Waals surface area contributed by atoms with Gasteiger partial charge in [-0.2, -0.15) is 0 Å². The quantitative estimate of drug-likeness (QED) is 0.140. The second-order valence-electron chi connectivity index (χ2n) is 10.3. The molecule has 5 rings (SSSR count). The van der Waals surface area contributed by atoms with Crippen LogP contribution >= 0.6 is 0 Å². The van der Waals surface area contributed by atoms with Crippen LogP contribution in [0, 0.1) is 0 Å². The Morgan fingerprint density at radius 3 is 2.12 bits per heavy atom. The molecule has 3 heterocycles. The number of aliphatic hydroxyl groups is 6. The highest BCUT2D eigenvalue weighted by Crippen LogP contribution is 2.39.